The highest BCUT2D eigenvalue weighted by Crippen LogP contribution is 2.06. The topological polar surface area (TPSA) is 41.1 Å². The Bertz CT molecular complexity index is 295. The predicted molar refractivity (Wildman–Crippen MR) is 68.9 cm³/mol. The number of halogens is 1. The highest BCUT2D eigenvalue weighted by molar-refractivity contribution is 14.1. The Labute approximate surface area is 104 Å². The third-order valence-corrected chi connectivity index (χ3v) is 3.09. The van der Waals surface area contributed by atoms with Crippen molar-refractivity contribution in [3.63, 3.8) is 0 Å². The Kier molecular flexibility index (Phi) is 4.13. The zero-order valence-electron chi connectivity index (χ0n) is 8.62. The molecular weight excluding hydrogens is 303 g/mol. The number of anilines is 1. The van der Waals surface area contributed by atoms with Gasteiger partial charge in [0.15, 0.2) is 0 Å². The van der Waals surface area contributed by atoms with E-state index in [4.69, 9.17) is 0 Å². The van der Waals surface area contributed by atoms with Crippen LogP contribution in [0.1, 0.15) is 12.8 Å². The van der Waals surface area contributed by atoms with E-state index in [2.05, 4.69) is 42.8 Å². The van der Waals surface area contributed by atoms with Crippen LogP contribution >= 0.6 is 22.6 Å². The van der Waals surface area contributed by atoms with E-state index in [9.17, 15) is 0 Å². The monoisotopic (exact) mass is 318 g/mol. The molecule has 1 fully saturated rings. The molecule has 1 N–H and O–H groups in total. The van der Waals surface area contributed by atoms with Crippen molar-refractivity contribution in [2.45, 2.75) is 12.8 Å². The summed E-state index contributed by atoms with van der Waals surface area (Å²) in [5.41, 5.74) is 0. The van der Waals surface area contributed by atoms with E-state index >= 15 is 0 Å². The summed E-state index contributed by atoms with van der Waals surface area (Å²) >= 11 is 2.20. The van der Waals surface area contributed by atoms with Crippen LogP contribution in [0.4, 0.5) is 5.95 Å². The van der Waals surface area contributed by atoms with Crippen LogP contribution in [0.25, 0.3) is 0 Å². The third-order valence-electron chi connectivity index (χ3n) is 2.53. The highest BCUT2D eigenvalue weighted by Gasteiger charge is 2.10. The average molecular weight is 318 g/mol. The Morgan fingerprint density at radius 1 is 1.27 bits per heavy atom. The maximum absolute atomic E-state index is 4.19. The molecule has 0 saturated carbocycles. The second-order valence-electron chi connectivity index (χ2n) is 3.70. The Morgan fingerprint density at radius 2 is 1.93 bits per heavy atom. The van der Waals surface area contributed by atoms with Gasteiger partial charge in [-0.2, -0.15) is 0 Å². The van der Waals surface area contributed by atoms with E-state index in [-0.39, 0.29) is 0 Å². The molecule has 0 radical (unpaired) electrons. The van der Waals surface area contributed by atoms with Gasteiger partial charge in [-0.15, -0.1) is 0 Å². The predicted octanol–water partition coefficient (Wildman–Crippen LogP) is 1.59. The van der Waals surface area contributed by atoms with Crippen molar-refractivity contribution < 1.29 is 0 Å². The van der Waals surface area contributed by atoms with Crippen molar-refractivity contribution in [3.05, 3.63) is 16.0 Å². The molecule has 0 unspecified atom stereocenters. The molecule has 0 aliphatic carbocycles. The van der Waals surface area contributed by atoms with Gasteiger partial charge in [0, 0.05) is 29.1 Å². The minimum atomic E-state index is 0.731. The van der Waals surface area contributed by atoms with Crippen LogP contribution in [0, 0.1) is 3.57 Å². The van der Waals surface area contributed by atoms with Crippen LogP contribution in [0.3, 0.4) is 0 Å². The number of nitrogens with one attached hydrogen (secondary N) is 1. The molecule has 1 aromatic rings. The molecule has 82 valence electrons. The fourth-order valence-electron chi connectivity index (χ4n) is 1.74. The molecule has 15 heavy (non-hydrogen) atoms. The van der Waals surface area contributed by atoms with Gasteiger partial charge < -0.3 is 10.2 Å². The molecule has 5 heteroatoms. The first-order chi connectivity index (χ1) is 7.34. The Hall–Kier alpha value is -0.430. The van der Waals surface area contributed by atoms with Crippen molar-refractivity contribution in [3.8, 4) is 0 Å². The minimum absolute atomic E-state index is 0.731. The van der Waals surface area contributed by atoms with Gasteiger partial charge in [-0.1, -0.05) is 0 Å². The first-order valence-corrected chi connectivity index (χ1v) is 6.36. The molecule has 2 rings (SSSR count). The second-order valence-corrected chi connectivity index (χ2v) is 4.95. The van der Waals surface area contributed by atoms with Gasteiger partial charge in [-0.25, -0.2) is 9.97 Å². The number of likely N-dealkylation sites (tertiary alicyclic amines) is 1. The summed E-state index contributed by atoms with van der Waals surface area (Å²) in [6.45, 7) is 4.51. The first kappa shape index (κ1) is 11.1. The van der Waals surface area contributed by atoms with E-state index in [1.54, 1.807) is 0 Å². The quantitative estimate of drug-likeness (QED) is 0.856. The van der Waals surface area contributed by atoms with Crippen LogP contribution in [0.2, 0.25) is 0 Å². The summed E-state index contributed by atoms with van der Waals surface area (Å²) in [5.74, 6) is 0.731. The van der Waals surface area contributed by atoms with E-state index in [1.165, 1.54) is 25.9 Å². The Balaban J connectivity index is 1.71. The molecule has 4 nitrogen and oxygen atoms in total. The first-order valence-electron chi connectivity index (χ1n) is 5.28. The van der Waals surface area contributed by atoms with Crippen molar-refractivity contribution >= 4 is 28.5 Å². The molecule has 1 aromatic heterocycles. The number of aromatic nitrogens is 2. The fraction of sp³-hybridized carbons (Fsp3) is 0.600. The maximum Gasteiger partial charge on any atom is 0.222 e. The molecular formula is C10H15IN4. The summed E-state index contributed by atoms with van der Waals surface area (Å²) in [4.78, 5) is 10.9. The van der Waals surface area contributed by atoms with Gasteiger partial charge >= 0.3 is 0 Å². The lowest BCUT2D eigenvalue weighted by molar-refractivity contribution is 0.352. The number of hydrogen-bond acceptors (Lipinski definition) is 4. The average Bonchev–Trinajstić information content (AvgIpc) is 2.74. The normalized spacial score (nSPS) is 16.9. The summed E-state index contributed by atoms with van der Waals surface area (Å²) < 4.78 is 1.07. The zero-order chi connectivity index (χ0) is 10.5. The van der Waals surface area contributed by atoms with Gasteiger partial charge in [0.1, 0.15) is 0 Å². The molecule has 0 amide bonds. The summed E-state index contributed by atoms with van der Waals surface area (Å²) in [6.07, 6.45) is 6.34. The molecule has 0 bridgehead atoms. The highest BCUT2D eigenvalue weighted by atomic mass is 127. The molecule has 1 aliphatic heterocycles. The molecule has 0 spiro atoms. The van der Waals surface area contributed by atoms with E-state index < -0.39 is 0 Å². The van der Waals surface area contributed by atoms with E-state index in [0.29, 0.717) is 0 Å². The summed E-state index contributed by atoms with van der Waals surface area (Å²) in [6, 6.07) is 0. The van der Waals surface area contributed by atoms with E-state index in [0.717, 1.165) is 22.6 Å². The smallest absolute Gasteiger partial charge is 0.222 e. The molecule has 0 atom stereocenters. The Morgan fingerprint density at radius 3 is 2.60 bits per heavy atom. The largest absolute Gasteiger partial charge is 0.353 e. The van der Waals surface area contributed by atoms with Crippen LogP contribution in [0.5, 0.6) is 0 Å². The maximum atomic E-state index is 4.19. The van der Waals surface area contributed by atoms with Crippen LogP contribution in [-0.2, 0) is 0 Å². The van der Waals surface area contributed by atoms with Crippen molar-refractivity contribution in [2.24, 2.45) is 0 Å². The third kappa shape index (κ3) is 3.57. The summed E-state index contributed by atoms with van der Waals surface area (Å²) in [7, 11) is 0. The molecule has 2 heterocycles. The van der Waals surface area contributed by atoms with Crippen molar-refractivity contribution in [1.29, 1.82) is 0 Å². The SMILES string of the molecule is Ic1cnc(NCCN2CCCC2)nc1. The van der Waals surface area contributed by atoms with Crippen LogP contribution in [-0.4, -0.2) is 41.0 Å². The van der Waals surface area contributed by atoms with Gasteiger partial charge in [0.2, 0.25) is 5.95 Å². The van der Waals surface area contributed by atoms with Gasteiger partial charge in [0.25, 0.3) is 0 Å². The second kappa shape index (κ2) is 5.60. The lowest BCUT2D eigenvalue weighted by atomic mass is 10.4. The summed E-state index contributed by atoms with van der Waals surface area (Å²) in [5, 5.41) is 3.23. The number of hydrogen-bond donors (Lipinski definition) is 1. The minimum Gasteiger partial charge on any atom is -0.353 e. The van der Waals surface area contributed by atoms with Gasteiger partial charge in [0.05, 0.1) is 0 Å². The van der Waals surface area contributed by atoms with Gasteiger partial charge in [-0.05, 0) is 48.5 Å². The lowest BCUT2D eigenvalue weighted by Crippen LogP contribution is -2.26. The number of nitrogens with zero attached hydrogens (tertiary/aromatic N) is 3. The van der Waals surface area contributed by atoms with Crippen molar-refractivity contribution in [1.82, 2.24) is 14.9 Å². The zero-order valence-corrected chi connectivity index (χ0v) is 10.8. The lowest BCUT2D eigenvalue weighted by Gasteiger charge is -2.14. The molecule has 1 saturated heterocycles. The number of rotatable bonds is 4. The fourth-order valence-corrected chi connectivity index (χ4v) is 2.01. The molecule has 1 aliphatic rings. The standard InChI is InChI=1S/C10H15IN4/c11-9-7-13-10(14-8-9)12-3-6-15-4-1-2-5-15/h7-8H,1-6H2,(H,12,13,14). The van der Waals surface area contributed by atoms with Crippen LogP contribution in [0.15, 0.2) is 12.4 Å². The molecule has 0 aromatic carbocycles. The van der Waals surface area contributed by atoms with Crippen LogP contribution < -0.4 is 5.32 Å². The van der Waals surface area contributed by atoms with E-state index in [1.807, 2.05) is 12.4 Å². The van der Waals surface area contributed by atoms with Gasteiger partial charge in [-0.3, -0.25) is 0 Å². The van der Waals surface area contributed by atoms with Crippen molar-refractivity contribution in [2.75, 3.05) is 31.5 Å².